The van der Waals surface area contributed by atoms with Crippen molar-refractivity contribution < 1.29 is 9.59 Å². The zero-order valence-corrected chi connectivity index (χ0v) is 7.76. The smallest absolute Gasteiger partial charge is 0.213 e. The Morgan fingerprint density at radius 2 is 2.55 bits per heavy atom. The van der Waals surface area contributed by atoms with Crippen molar-refractivity contribution in [2.75, 3.05) is 11.5 Å². The van der Waals surface area contributed by atoms with Gasteiger partial charge in [-0.15, -0.1) is 11.8 Å². The Bertz CT molecular complexity index is 220. The van der Waals surface area contributed by atoms with Gasteiger partial charge in [0.05, 0.1) is 5.75 Å². The summed E-state index contributed by atoms with van der Waals surface area (Å²) in [6, 6.07) is 0. The van der Waals surface area contributed by atoms with Crippen LogP contribution in [0.4, 0.5) is 0 Å². The van der Waals surface area contributed by atoms with Gasteiger partial charge in [-0.25, -0.2) is 0 Å². The first-order valence-corrected chi connectivity index (χ1v) is 5.15. The standard InChI is InChI=1S/C7H8O2S2/c1-5(8)3-10-6-2-7(9)11-4-6/h2H,3-4H2,1H3. The van der Waals surface area contributed by atoms with Crippen molar-refractivity contribution in [2.24, 2.45) is 0 Å². The third-order valence-electron chi connectivity index (χ3n) is 1.10. The number of carbonyl (C=O) groups excluding carboxylic acids is 2. The summed E-state index contributed by atoms with van der Waals surface area (Å²) in [5.74, 6) is 1.39. The van der Waals surface area contributed by atoms with Crippen molar-refractivity contribution in [1.82, 2.24) is 0 Å². The van der Waals surface area contributed by atoms with Gasteiger partial charge in [-0.2, -0.15) is 0 Å². The molecule has 0 saturated carbocycles. The average Bonchev–Trinajstić information content (AvgIpc) is 2.31. The molecule has 2 nitrogen and oxygen atoms in total. The Hall–Kier alpha value is -0.220. The first-order chi connectivity index (χ1) is 5.18. The van der Waals surface area contributed by atoms with Crippen molar-refractivity contribution in [3.63, 3.8) is 0 Å². The van der Waals surface area contributed by atoms with Crippen LogP contribution in [0.25, 0.3) is 0 Å². The molecule has 4 heteroatoms. The van der Waals surface area contributed by atoms with E-state index >= 15 is 0 Å². The van der Waals surface area contributed by atoms with Crippen LogP contribution in [-0.4, -0.2) is 22.4 Å². The van der Waals surface area contributed by atoms with Gasteiger partial charge in [0.15, 0.2) is 0 Å². The minimum atomic E-state index is 0.107. The van der Waals surface area contributed by atoms with Crippen LogP contribution in [0.5, 0.6) is 0 Å². The van der Waals surface area contributed by atoms with Crippen LogP contribution in [0.3, 0.4) is 0 Å². The minimum absolute atomic E-state index is 0.107. The molecule has 0 radical (unpaired) electrons. The van der Waals surface area contributed by atoms with Gasteiger partial charge >= 0.3 is 0 Å². The van der Waals surface area contributed by atoms with Gasteiger partial charge in [0.25, 0.3) is 0 Å². The second-order valence-electron chi connectivity index (χ2n) is 2.21. The maximum Gasteiger partial charge on any atom is 0.213 e. The maximum atomic E-state index is 10.7. The number of carbonyl (C=O) groups is 2. The third-order valence-corrected chi connectivity index (χ3v) is 3.32. The van der Waals surface area contributed by atoms with Crippen LogP contribution < -0.4 is 0 Å². The molecule has 0 fully saturated rings. The molecule has 0 aromatic carbocycles. The van der Waals surface area contributed by atoms with Gasteiger partial charge in [-0.3, -0.25) is 9.59 Å². The summed E-state index contributed by atoms with van der Waals surface area (Å²) in [6.07, 6.45) is 1.61. The van der Waals surface area contributed by atoms with Gasteiger partial charge in [0.2, 0.25) is 5.12 Å². The maximum absolute atomic E-state index is 10.7. The number of rotatable bonds is 3. The Kier molecular flexibility index (Phi) is 3.20. The summed E-state index contributed by atoms with van der Waals surface area (Å²) < 4.78 is 0. The van der Waals surface area contributed by atoms with E-state index in [9.17, 15) is 9.59 Å². The second-order valence-corrected chi connectivity index (χ2v) is 4.29. The number of ketones is 1. The van der Waals surface area contributed by atoms with E-state index in [4.69, 9.17) is 0 Å². The molecule has 1 heterocycles. The van der Waals surface area contributed by atoms with E-state index in [1.54, 1.807) is 13.0 Å². The molecular weight excluding hydrogens is 180 g/mol. The van der Waals surface area contributed by atoms with Crippen molar-refractivity contribution in [3.05, 3.63) is 11.0 Å². The Balaban J connectivity index is 2.33. The topological polar surface area (TPSA) is 34.1 Å². The molecule has 0 spiro atoms. The molecule has 60 valence electrons. The molecular formula is C7H8O2S2. The molecule has 1 rings (SSSR count). The summed E-state index contributed by atoms with van der Waals surface area (Å²) in [4.78, 5) is 22.3. The highest BCUT2D eigenvalue weighted by molar-refractivity contribution is 8.16. The lowest BCUT2D eigenvalue weighted by molar-refractivity contribution is -0.114. The van der Waals surface area contributed by atoms with Gasteiger partial charge in [0.1, 0.15) is 5.78 Å². The van der Waals surface area contributed by atoms with E-state index in [2.05, 4.69) is 0 Å². The van der Waals surface area contributed by atoms with E-state index in [-0.39, 0.29) is 10.9 Å². The van der Waals surface area contributed by atoms with Gasteiger partial charge < -0.3 is 0 Å². The monoisotopic (exact) mass is 188 g/mol. The molecule has 0 amide bonds. The van der Waals surface area contributed by atoms with Crippen molar-refractivity contribution in [1.29, 1.82) is 0 Å². The number of Topliss-reactive ketones (excluding diaryl/α,β-unsaturated/α-hetero) is 1. The normalized spacial score (nSPS) is 16.8. The molecule has 11 heavy (non-hydrogen) atoms. The molecule has 0 atom stereocenters. The number of hydrogen-bond donors (Lipinski definition) is 0. The molecule has 0 unspecified atom stereocenters. The summed E-state index contributed by atoms with van der Waals surface area (Å²) in [5, 5.41) is 0.107. The molecule has 1 aliphatic rings. The fraction of sp³-hybridized carbons (Fsp3) is 0.429. The largest absolute Gasteiger partial charge is 0.299 e. The summed E-state index contributed by atoms with van der Waals surface area (Å²) in [6.45, 7) is 1.55. The van der Waals surface area contributed by atoms with Crippen LogP contribution in [0.2, 0.25) is 0 Å². The van der Waals surface area contributed by atoms with Crippen LogP contribution >= 0.6 is 23.5 Å². The lowest BCUT2D eigenvalue weighted by Gasteiger charge is -1.95. The summed E-state index contributed by atoms with van der Waals surface area (Å²) in [7, 11) is 0. The first kappa shape index (κ1) is 8.87. The predicted molar refractivity (Wildman–Crippen MR) is 48.7 cm³/mol. The van der Waals surface area contributed by atoms with Gasteiger partial charge in [-0.05, 0) is 6.92 Å². The molecule has 0 N–H and O–H groups in total. The highest BCUT2D eigenvalue weighted by atomic mass is 32.2. The zero-order valence-electron chi connectivity index (χ0n) is 6.12. The summed E-state index contributed by atoms with van der Waals surface area (Å²) >= 11 is 2.76. The van der Waals surface area contributed by atoms with Crippen molar-refractivity contribution in [3.8, 4) is 0 Å². The van der Waals surface area contributed by atoms with Crippen molar-refractivity contribution in [2.45, 2.75) is 6.92 Å². The van der Waals surface area contributed by atoms with Crippen LogP contribution in [0, 0.1) is 0 Å². The number of thioether (sulfide) groups is 2. The van der Waals surface area contributed by atoms with E-state index in [0.29, 0.717) is 5.75 Å². The van der Waals surface area contributed by atoms with Gasteiger partial charge in [-0.1, -0.05) is 11.8 Å². The van der Waals surface area contributed by atoms with E-state index in [0.717, 1.165) is 10.7 Å². The number of hydrogen-bond acceptors (Lipinski definition) is 4. The zero-order chi connectivity index (χ0) is 8.27. The lowest BCUT2D eigenvalue weighted by Crippen LogP contribution is -1.93. The Labute approximate surface area is 73.8 Å². The molecule has 1 aliphatic heterocycles. The van der Waals surface area contributed by atoms with E-state index < -0.39 is 0 Å². The highest BCUT2D eigenvalue weighted by Crippen LogP contribution is 2.27. The molecule has 0 aromatic heterocycles. The van der Waals surface area contributed by atoms with Crippen LogP contribution in [0.15, 0.2) is 11.0 Å². The highest BCUT2D eigenvalue weighted by Gasteiger charge is 2.12. The summed E-state index contributed by atoms with van der Waals surface area (Å²) in [5.41, 5.74) is 0. The van der Waals surface area contributed by atoms with E-state index in [1.165, 1.54) is 23.5 Å². The minimum Gasteiger partial charge on any atom is -0.299 e. The molecule has 0 bridgehead atoms. The Morgan fingerprint density at radius 1 is 1.82 bits per heavy atom. The lowest BCUT2D eigenvalue weighted by atomic mass is 10.5. The van der Waals surface area contributed by atoms with Crippen molar-refractivity contribution >= 4 is 34.4 Å². The van der Waals surface area contributed by atoms with E-state index in [1.807, 2.05) is 0 Å². The molecule has 0 aromatic rings. The fourth-order valence-electron chi connectivity index (χ4n) is 0.635. The van der Waals surface area contributed by atoms with Gasteiger partial charge in [0, 0.05) is 16.7 Å². The van der Waals surface area contributed by atoms with Crippen LogP contribution in [0.1, 0.15) is 6.92 Å². The quantitative estimate of drug-likeness (QED) is 0.671. The van der Waals surface area contributed by atoms with Crippen LogP contribution in [-0.2, 0) is 9.59 Å². The predicted octanol–water partition coefficient (Wildman–Crippen LogP) is 1.47. The first-order valence-electron chi connectivity index (χ1n) is 3.18. The Morgan fingerprint density at radius 3 is 3.00 bits per heavy atom. The average molecular weight is 188 g/mol. The third kappa shape index (κ3) is 3.12. The molecule has 0 saturated heterocycles. The SMILES string of the molecule is CC(=O)CSC1=CC(=O)SC1. The molecule has 0 aliphatic carbocycles. The fourth-order valence-corrected chi connectivity index (χ4v) is 2.39. The second kappa shape index (κ2) is 3.97.